The minimum atomic E-state index is -0.943. The highest BCUT2D eigenvalue weighted by molar-refractivity contribution is 5.92. The number of benzene rings is 1. The molecule has 1 aromatic carbocycles. The lowest BCUT2D eigenvalue weighted by atomic mass is 9.98. The van der Waals surface area contributed by atoms with Crippen molar-refractivity contribution in [2.45, 2.75) is 64.1 Å². The first-order chi connectivity index (χ1) is 18.2. The topological polar surface area (TPSA) is 124 Å². The van der Waals surface area contributed by atoms with Crippen LogP contribution in [0, 0.1) is 5.92 Å². The van der Waals surface area contributed by atoms with Crippen LogP contribution in [-0.2, 0) is 11.3 Å². The number of ether oxygens (including phenoxy) is 1. The van der Waals surface area contributed by atoms with E-state index in [0.717, 1.165) is 31.1 Å². The first-order valence-corrected chi connectivity index (χ1v) is 12.9. The molecule has 1 aliphatic rings. The van der Waals surface area contributed by atoms with E-state index in [2.05, 4.69) is 20.5 Å². The summed E-state index contributed by atoms with van der Waals surface area (Å²) in [6, 6.07) is 11.6. The predicted molar refractivity (Wildman–Crippen MR) is 143 cm³/mol. The fraction of sp³-hybridized carbons (Fsp3) is 0.393. The monoisotopic (exact) mass is 516 g/mol. The zero-order valence-corrected chi connectivity index (χ0v) is 21.6. The Morgan fingerprint density at radius 2 is 2.00 bits per heavy atom. The molecule has 0 radical (unpaired) electrons. The van der Waals surface area contributed by atoms with Crippen LogP contribution in [0.5, 0.6) is 11.5 Å². The van der Waals surface area contributed by atoms with E-state index in [1.54, 1.807) is 43.1 Å². The van der Waals surface area contributed by atoms with Gasteiger partial charge in [-0.3, -0.25) is 19.3 Å². The van der Waals surface area contributed by atoms with E-state index in [-0.39, 0.29) is 18.2 Å². The molecule has 0 spiro atoms. The molecule has 3 aromatic heterocycles. The Labute approximate surface area is 220 Å². The summed E-state index contributed by atoms with van der Waals surface area (Å²) in [5.74, 6) is 1.13. The van der Waals surface area contributed by atoms with Crippen LogP contribution >= 0.6 is 0 Å². The van der Waals surface area contributed by atoms with Crippen LogP contribution < -0.4 is 15.6 Å². The Hall–Kier alpha value is -4.05. The van der Waals surface area contributed by atoms with Crippen molar-refractivity contribution in [1.82, 2.24) is 24.5 Å². The van der Waals surface area contributed by atoms with Crippen LogP contribution in [0.15, 0.2) is 65.8 Å². The van der Waals surface area contributed by atoms with Gasteiger partial charge in [-0.15, -0.1) is 0 Å². The minimum absolute atomic E-state index is 0.273. The number of fused-ring (bicyclic) bond motifs is 1. The Kier molecular flexibility index (Phi) is 7.24. The quantitative estimate of drug-likeness (QED) is 0.340. The second-order valence-electron chi connectivity index (χ2n) is 10.5. The van der Waals surface area contributed by atoms with Gasteiger partial charge in [0, 0.05) is 29.9 Å². The Bertz CT molecular complexity index is 1480. The number of pyridine rings is 1. The van der Waals surface area contributed by atoms with E-state index >= 15 is 0 Å². The van der Waals surface area contributed by atoms with Crippen LogP contribution in [0.25, 0.3) is 10.9 Å². The molecule has 10 heteroatoms. The molecule has 1 saturated carbocycles. The summed E-state index contributed by atoms with van der Waals surface area (Å²) in [6.45, 7) is 3.66. The van der Waals surface area contributed by atoms with Crippen LogP contribution in [0.2, 0.25) is 0 Å². The van der Waals surface area contributed by atoms with Gasteiger partial charge in [0.15, 0.2) is 17.3 Å². The highest BCUT2D eigenvalue weighted by Gasteiger charge is 2.29. The van der Waals surface area contributed by atoms with Gasteiger partial charge in [0.2, 0.25) is 0 Å². The van der Waals surface area contributed by atoms with E-state index in [9.17, 15) is 14.7 Å². The number of amides is 1. The molecule has 1 unspecified atom stereocenters. The molecule has 5 rings (SSSR count). The van der Waals surface area contributed by atoms with E-state index in [1.165, 1.54) is 16.9 Å². The van der Waals surface area contributed by atoms with Gasteiger partial charge in [-0.2, -0.15) is 10.2 Å². The summed E-state index contributed by atoms with van der Waals surface area (Å²) in [6.07, 6.45) is 9.63. The fourth-order valence-electron chi connectivity index (χ4n) is 4.98. The molecule has 198 valence electrons. The highest BCUT2D eigenvalue weighted by atomic mass is 16.5. The molecule has 4 aromatic rings. The van der Waals surface area contributed by atoms with Gasteiger partial charge in [0.1, 0.15) is 11.6 Å². The lowest BCUT2D eigenvalue weighted by molar-refractivity contribution is -0.120. The van der Waals surface area contributed by atoms with Gasteiger partial charge in [-0.1, -0.05) is 43.9 Å². The van der Waals surface area contributed by atoms with E-state index in [4.69, 9.17) is 4.74 Å². The summed E-state index contributed by atoms with van der Waals surface area (Å²) in [7, 11) is 0. The van der Waals surface area contributed by atoms with E-state index < -0.39 is 17.2 Å². The molecule has 1 amide bonds. The molecular weight excluding hydrogens is 484 g/mol. The number of carbonyl (C=O) groups excluding carboxylic acids is 1. The maximum atomic E-state index is 13.4. The number of hydrogen-bond donors (Lipinski definition) is 2. The van der Waals surface area contributed by atoms with Crippen molar-refractivity contribution in [3.63, 3.8) is 0 Å². The highest BCUT2D eigenvalue weighted by Crippen LogP contribution is 2.32. The Morgan fingerprint density at radius 3 is 2.76 bits per heavy atom. The van der Waals surface area contributed by atoms with Crippen molar-refractivity contribution in [3.05, 3.63) is 71.4 Å². The molecule has 1 aliphatic carbocycles. The van der Waals surface area contributed by atoms with Gasteiger partial charge in [0.05, 0.1) is 18.3 Å². The summed E-state index contributed by atoms with van der Waals surface area (Å²) < 4.78 is 8.77. The Morgan fingerprint density at radius 1 is 1.21 bits per heavy atom. The second-order valence-corrected chi connectivity index (χ2v) is 10.5. The standard InChI is InChI=1S/C28H32N6O4/c1-28(2,37)18-33-14-12-24(32-33)31-27(36)22(15-19-7-3-4-8-19)34-25(35)16-21(17-30-34)38-23-11-5-9-20-10-6-13-29-26(20)23/h5-6,9-14,16-17,19,22,37H,3-4,7-8,15,18H2,1-2H3,(H,31,32,36). The number of para-hydroxylation sites is 1. The third-order valence-electron chi connectivity index (χ3n) is 6.69. The lowest BCUT2D eigenvalue weighted by Crippen LogP contribution is -2.36. The zero-order valence-electron chi connectivity index (χ0n) is 21.6. The lowest BCUT2D eigenvalue weighted by Gasteiger charge is -2.21. The maximum absolute atomic E-state index is 13.4. The van der Waals surface area contributed by atoms with Crippen molar-refractivity contribution in [2.75, 3.05) is 5.32 Å². The molecule has 0 bridgehead atoms. The molecular formula is C28H32N6O4. The molecule has 1 fully saturated rings. The summed E-state index contributed by atoms with van der Waals surface area (Å²) in [5, 5.41) is 22.5. The SMILES string of the molecule is CC(C)(O)Cn1ccc(NC(=O)C(CC2CCCC2)n2ncc(Oc3cccc4cccnc34)cc2=O)n1. The minimum Gasteiger partial charge on any atom is -0.453 e. The van der Waals surface area contributed by atoms with Crippen molar-refractivity contribution < 1.29 is 14.6 Å². The largest absolute Gasteiger partial charge is 0.453 e. The molecule has 38 heavy (non-hydrogen) atoms. The van der Waals surface area contributed by atoms with Crippen LogP contribution in [-0.4, -0.2) is 41.2 Å². The number of anilines is 1. The van der Waals surface area contributed by atoms with E-state index in [1.807, 2.05) is 24.3 Å². The van der Waals surface area contributed by atoms with Crippen molar-refractivity contribution >= 4 is 22.6 Å². The van der Waals surface area contributed by atoms with Gasteiger partial charge in [-0.25, -0.2) is 4.68 Å². The maximum Gasteiger partial charge on any atom is 0.271 e. The summed E-state index contributed by atoms with van der Waals surface area (Å²) in [4.78, 5) is 31.0. The van der Waals surface area contributed by atoms with Gasteiger partial charge < -0.3 is 15.2 Å². The molecule has 1 atom stereocenters. The number of aromatic nitrogens is 5. The second kappa shape index (κ2) is 10.7. The molecule has 10 nitrogen and oxygen atoms in total. The van der Waals surface area contributed by atoms with Gasteiger partial charge in [0.25, 0.3) is 11.5 Å². The third-order valence-corrected chi connectivity index (χ3v) is 6.69. The molecule has 3 heterocycles. The van der Waals surface area contributed by atoms with Crippen molar-refractivity contribution in [3.8, 4) is 11.5 Å². The summed E-state index contributed by atoms with van der Waals surface area (Å²) in [5.41, 5.74) is -0.690. The predicted octanol–water partition coefficient (Wildman–Crippen LogP) is 4.31. The number of carbonyl (C=O) groups is 1. The van der Waals surface area contributed by atoms with Crippen LogP contribution in [0.4, 0.5) is 5.82 Å². The number of hydrogen-bond acceptors (Lipinski definition) is 7. The number of nitrogens with one attached hydrogen (secondary N) is 1. The molecule has 0 saturated heterocycles. The first-order valence-electron chi connectivity index (χ1n) is 12.9. The molecule has 2 N–H and O–H groups in total. The smallest absolute Gasteiger partial charge is 0.271 e. The number of aliphatic hydroxyl groups is 1. The molecule has 0 aliphatic heterocycles. The Balaban J connectivity index is 1.38. The average Bonchev–Trinajstić information content (AvgIpc) is 3.54. The first kappa shape index (κ1) is 25.6. The normalized spacial score (nSPS) is 15.0. The van der Waals surface area contributed by atoms with Crippen molar-refractivity contribution in [1.29, 1.82) is 0 Å². The van der Waals surface area contributed by atoms with Gasteiger partial charge in [-0.05, 0) is 38.3 Å². The average molecular weight is 517 g/mol. The van der Waals surface area contributed by atoms with Crippen molar-refractivity contribution in [2.24, 2.45) is 5.92 Å². The van der Waals surface area contributed by atoms with Gasteiger partial charge >= 0.3 is 0 Å². The summed E-state index contributed by atoms with van der Waals surface area (Å²) >= 11 is 0. The zero-order chi connectivity index (χ0) is 26.7. The van der Waals surface area contributed by atoms with Crippen LogP contribution in [0.3, 0.4) is 0 Å². The fourth-order valence-corrected chi connectivity index (χ4v) is 4.98. The van der Waals surface area contributed by atoms with Crippen LogP contribution in [0.1, 0.15) is 52.0 Å². The van der Waals surface area contributed by atoms with E-state index in [0.29, 0.717) is 29.4 Å². The third kappa shape index (κ3) is 6.08. The number of rotatable bonds is 9. The number of nitrogens with zero attached hydrogens (tertiary/aromatic N) is 5.